The van der Waals surface area contributed by atoms with Crippen molar-refractivity contribution in [2.45, 2.75) is 58.4 Å². The first-order chi connectivity index (χ1) is 8.63. The van der Waals surface area contributed by atoms with E-state index >= 15 is 0 Å². The highest BCUT2D eigenvalue weighted by Crippen LogP contribution is 2.00. The molecule has 5 heteroatoms. The molecule has 0 aromatic heterocycles. The van der Waals surface area contributed by atoms with E-state index in [0.717, 1.165) is 25.7 Å². The van der Waals surface area contributed by atoms with Gasteiger partial charge in [-0.15, -0.1) is 0 Å². The molecule has 0 heterocycles. The Bertz CT molecular complexity index is 244. The molecule has 0 aliphatic heterocycles. The zero-order valence-electron chi connectivity index (χ0n) is 11.6. The Labute approximate surface area is 110 Å². The van der Waals surface area contributed by atoms with Crippen LogP contribution in [0.25, 0.3) is 0 Å². The van der Waals surface area contributed by atoms with Gasteiger partial charge in [-0.25, -0.2) is 0 Å². The third-order valence-electron chi connectivity index (χ3n) is 2.71. The Balaban J connectivity index is 3.77. The van der Waals surface area contributed by atoms with Gasteiger partial charge in [0.25, 0.3) is 0 Å². The van der Waals surface area contributed by atoms with Crippen LogP contribution in [-0.4, -0.2) is 30.9 Å². The van der Waals surface area contributed by atoms with E-state index in [1.54, 1.807) is 0 Å². The van der Waals surface area contributed by atoms with E-state index < -0.39 is 0 Å². The lowest BCUT2D eigenvalue weighted by atomic mass is 10.1. The summed E-state index contributed by atoms with van der Waals surface area (Å²) < 4.78 is 0. The van der Waals surface area contributed by atoms with Gasteiger partial charge in [-0.05, 0) is 12.8 Å². The number of amides is 2. The summed E-state index contributed by atoms with van der Waals surface area (Å²) in [7, 11) is 0. The fourth-order valence-corrected chi connectivity index (χ4v) is 1.58. The van der Waals surface area contributed by atoms with Crippen molar-refractivity contribution in [3.8, 4) is 0 Å². The first kappa shape index (κ1) is 16.9. The maximum absolute atomic E-state index is 11.6. The van der Waals surface area contributed by atoms with Crippen molar-refractivity contribution in [3.63, 3.8) is 0 Å². The van der Waals surface area contributed by atoms with Crippen molar-refractivity contribution < 1.29 is 9.59 Å². The molecule has 0 aliphatic rings. The molecular formula is C13H27N3O2. The molecule has 0 saturated heterocycles. The normalized spacial score (nSPS) is 11.9. The predicted octanol–water partition coefficient (Wildman–Crippen LogP) is 0.927. The van der Waals surface area contributed by atoms with Crippen LogP contribution >= 0.6 is 0 Å². The van der Waals surface area contributed by atoms with Gasteiger partial charge in [0.15, 0.2) is 0 Å². The van der Waals surface area contributed by atoms with Gasteiger partial charge >= 0.3 is 0 Å². The molecule has 2 amide bonds. The molecule has 0 aromatic rings. The molecule has 0 aliphatic carbocycles. The Hall–Kier alpha value is -1.10. The van der Waals surface area contributed by atoms with E-state index in [1.807, 2.05) is 6.92 Å². The lowest BCUT2D eigenvalue weighted by Gasteiger charge is -2.16. The zero-order valence-corrected chi connectivity index (χ0v) is 11.6. The maximum Gasteiger partial charge on any atom is 0.220 e. The smallest absolute Gasteiger partial charge is 0.220 e. The van der Waals surface area contributed by atoms with Crippen molar-refractivity contribution in [3.05, 3.63) is 0 Å². The van der Waals surface area contributed by atoms with Gasteiger partial charge in [-0.1, -0.05) is 26.7 Å². The molecule has 0 fully saturated rings. The molecule has 0 spiro atoms. The van der Waals surface area contributed by atoms with E-state index in [4.69, 9.17) is 5.73 Å². The summed E-state index contributed by atoms with van der Waals surface area (Å²) in [5.74, 6) is -0.155. The topological polar surface area (TPSA) is 84.2 Å². The van der Waals surface area contributed by atoms with E-state index in [-0.39, 0.29) is 30.7 Å². The molecule has 0 rings (SSSR count). The number of carbonyl (C=O) groups excluding carboxylic acids is 2. The fraction of sp³-hybridized carbons (Fsp3) is 0.846. The highest BCUT2D eigenvalue weighted by atomic mass is 16.2. The summed E-state index contributed by atoms with van der Waals surface area (Å²) in [4.78, 5) is 22.9. The molecule has 18 heavy (non-hydrogen) atoms. The second-order valence-electron chi connectivity index (χ2n) is 4.49. The van der Waals surface area contributed by atoms with Crippen LogP contribution in [0.5, 0.6) is 0 Å². The lowest BCUT2D eigenvalue weighted by Crippen LogP contribution is -2.40. The molecule has 5 nitrogen and oxygen atoms in total. The van der Waals surface area contributed by atoms with Gasteiger partial charge in [-0.2, -0.15) is 0 Å². The van der Waals surface area contributed by atoms with Crippen molar-refractivity contribution in [2.24, 2.45) is 5.73 Å². The summed E-state index contributed by atoms with van der Waals surface area (Å²) in [5.41, 5.74) is 5.59. The summed E-state index contributed by atoms with van der Waals surface area (Å²) in [6.07, 6.45) is 4.44. The molecule has 0 aromatic carbocycles. The Morgan fingerprint density at radius 2 is 1.78 bits per heavy atom. The van der Waals surface area contributed by atoms with Crippen LogP contribution in [0.2, 0.25) is 0 Å². The number of hydrogen-bond acceptors (Lipinski definition) is 3. The molecular weight excluding hydrogens is 230 g/mol. The third-order valence-corrected chi connectivity index (χ3v) is 2.71. The highest BCUT2D eigenvalue weighted by molar-refractivity contribution is 5.83. The second kappa shape index (κ2) is 11.0. The standard InChI is InChI=1S/C13H27N3O2/c1-3-5-6-11(10-14)16-13(18)8-7-12(17)15-9-4-2/h11H,3-10,14H2,1-2H3,(H,15,17)(H,16,18). The van der Waals surface area contributed by atoms with Crippen LogP contribution in [0.4, 0.5) is 0 Å². The zero-order chi connectivity index (χ0) is 13.8. The van der Waals surface area contributed by atoms with E-state index in [1.165, 1.54) is 0 Å². The van der Waals surface area contributed by atoms with Crippen LogP contribution < -0.4 is 16.4 Å². The number of rotatable bonds is 10. The number of unbranched alkanes of at least 4 members (excludes halogenated alkanes) is 1. The van der Waals surface area contributed by atoms with Crippen LogP contribution in [-0.2, 0) is 9.59 Å². The van der Waals surface area contributed by atoms with Gasteiger partial charge in [-0.3, -0.25) is 9.59 Å². The first-order valence-corrected chi connectivity index (χ1v) is 6.90. The molecule has 106 valence electrons. The summed E-state index contributed by atoms with van der Waals surface area (Å²) >= 11 is 0. The van der Waals surface area contributed by atoms with E-state index in [9.17, 15) is 9.59 Å². The van der Waals surface area contributed by atoms with Crippen LogP contribution in [0.15, 0.2) is 0 Å². The van der Waals surface area contributed by atoms with Gasteiger partial charge in [0.1, 0.15) is 0 Å². The van der Waals surface area contributed by atoms with E-state index in [2.05, 4.69) is 17.6 Å². The molecule has 0 saturated carbocycles. The van der Waals surface area contributed by atoms with Crippen molar-refractivity contribution >= 4 is 11.8 Å². The summed E-state index contributed by atoms with van der Waals surface area (Å²) in [6.45, 7) is 5.22. The van der Waals surface area contributed by atoms with Gasteiger partial charge in [0, 0.05) is 32.0 Å². The number of carbonyl (C=O) groups is 2. The average molecular weight is 257 g/mol. The minimum atomic E-state index is -0.0896. The van der Waals surface area contributed by atoms with Gasteiger partial charge < -0.3 is 16.4 Å². The largest absolute Gasteiger partial charge is 0.356 e. The fourth-order valence-electron chi connectivity index (χ4n) is 1.58. The van der Waals surface area contributed by atoms with Crippen molar-refractivity contribution in [1.29, 1.82) is 0 Å². The van der Waals surface area contributed by atoms with Gasteiger partial charge in [0.2, 0.25) is 11.8 Å². The minimum Gasteiger partial charge on any atom is -0.356 e. The Morgan fingerprint density at radius 3 is 2.33 bits per heavy atom. The second-order valence-corrected chi connectivity index (χ2v) is 4.49. The third kappa shape index (κ3) is 8.98. The van der Waals surface area contributed by atoms with Crippen LogP contribution in [0.3, 0.4) is 0 Å². The number of hydrogen-bond donors (Lipinski definition) is 3. The Morgan fingerprint density at radius 1 is 1.11 bits per heavy atom. The highest BCUT2D eigenvalue weighted by Gasteiger charge is 2.11. The molecule has 1 atom stereocenters. The van der Waals surface area contributed by atoms with Crippen LogP contribution in [0.1, 0.15) is 52.4 Å². The van der Waals surface area contributed by atoms with Crippen molar-refractivity contribution in [2.75, 3.05) is 13.1 Å². The minimum absolute atomic E-state index is 0.0381. The SMILES string of the molecule is CCCCC(CN)NC(=O)CCC(=O)NCCC. The number of nitrogens with one attached hydrogen (secondary N) is 2. The summed E-state index contributed by atoms with van der Waals surface area (Å²) in [5, 5.41) is 5.61. The van der Waals surface area contributed by atoms with Gasteiger partial charge in [0.05, 0.1) is 0 Å². The van der Waals surface area contributed by atoms with Crippen LogP contribution in [0, 0.1) is 0 Å². The summed E-state index contributed by atoms with van der Waals surface area (Å²) in [6, 6.07) is 0.0381. The lowest BCUT2D eigenvalue weighted by molar-refractivity contribution is -0.126. The molecule has 0 radical (unpaired) electrons. The molecule has 1 unspecified atom stereocenters. The quantitative estimate of drug-likeness (QED) is 0.544. The van der Waals surface area contributed by atoms with E-state index in [0.29, 0.717) is 13.1 Å². The average Bonchev–Trinajstić information content (AvgIpc) is 2.38. The molecule has 4 N–H and O–H groups in total. The number of nitrogens with two attached hydrogens (primary N) is 1. The Kier molecular flexibility index (Phi) is 10.3. The van der Waals surface area contributed by atoms with Crippen molar-refractivity contribution in [1.82, 2.24) is 10.6 Å². The monoisotopic (exact) mass is 257 g/mol. The molecule has 0 bridgehead atoms. The maximum atomic E-state index is 11.6. The predicted molar refractivity (Wildman–Crippen MR) is 73.0 cm³/mol. The first-order valence-electron chi connectivity index (χ1n) is 6.90.